The molecule has 0 radical (unpaired) electrons. The molecule has 7 nitrogen and oxygen atoms in total. The van der Waals surface area contributed by atoms with Gasteiger partial charge in [0.05, 0.1) is 6.54 Å². The summed E-state index contributed by atoms with van der Waals surface area (Å²) in [5, 5.41) is 6.67. The molecule has 30 heavy (non-hydrogen) atoms. The van der Waals surface area contributed by atoms with Gasteiger partial charge in [-0.3, -0.25) is 4.79 Å². The predicted octanol–water partition coefficient (Wildman–Crippen LogP) is 2.47. The summed E-state index contributed by atoms with van der Waals surface area (Å²) >= 11 is 0. The highest BCUT2D eigenvalue weighted by atomic mass is 16.5. The number of benzene rings is 1. The monoisotopic (exact) mass is 417 g/mol. The van der Waals surface area contributed by atoms with E-state index >= 15 is 0 Å². The number of aliphatic imine (C=N–C) groups is 1. The number of nitrogens with one attached hydrogen (secondary N) is 2. The smallest absolute Gasteiger partial charge is 0.222 e. The number of carbonyl (C=O) groups excluding carboxylic acids is 1. The molecule has 0 bridgehead atoms. The molecule has 1 aromatic carbocycles. The molecule has 1 amide bonds. The van der Waals surface area contributed by atoms with Crippen molar-refractivity contribution in [1.82, 2.24) is 20.4 Å². The normalized spacial score (nSPS) is 14.5. The van der Waals surface area contributed by atoms with Gasteiger partial charge < -0.3 is 25.2 Å². The fraction of sp³-hybridized carbons (Fsp3) is 0.652. The maximum absolute atomic E-state index is 11.7. The van der Waals surface area contributed by atoms with Crippen molar-refractivity contribution in [2.24, 2.45) is 4.99 Å². The van der Waals surface area contributed by atoms with Crippen molar-refractivity contribution in [3.8, 4) is 5.75 Å². The number of amides is 1. The Morgan fingerprint density at radius 3 is 2.70 bits per heavy atom. The molecule has 1 heterocycles. The van der Waals surface area contributed by atoms with Crippen molar-refractivity contribution in [2.45, 2.75) is 46.6 Å². The van der Waals surface area contributed by atoms with E-state index in [1.54, 1.807) is 0 Å². The summed E-state index contributed by atoms with van der Waals surface area (Å²) in [6, 6.07) is 8.11. The second-order valence-corrected chi connectivity index (χ2v) is 7.44. The first-order valence-electron chi connectivity index (χ1n) is 11.4. The Kier molecular flexibility index (Phi) is 11.1. The van der Waals surface area contributed by atoms with Crippen LogP contribution in [0.25, 0.3) is 0 Å². The summed E-state index contributed by atoms with van der Waals surface area (Å²) in [4.78, 5) is 20.7. The average Bonchev–Trinajstić information content (AvgIpc) is 3.17. The first-order chi connectivity index (χ1) is 14.7. The van der Waals surface area contributed by atoms with E-state index in [9.17, 15) is 4.79 Å². The highest BCUT2D eigenvalue weighted by molar-refractivity contribution is 5.80. The van der Waals surface area contributed by atoms with Crippen LogP contribution in [0.15, 0.2) is 29.3 Å². The third-order valence-electron chi connectivity index (χ3n) is 5.35. The van der Waals surface area contributed by atoms with Gasteiger partial charge in [-0.25, -0.2) is 4.99 Å². The molecule has 1 aliphatic rings. The van der Waals surface area contributed by atoms with Crippen LogP contribution in [0.4, 0.5) is 0 Å². The molecule has 1 aliphatic heterocycles. The van der Waals surface area contributed by atoms with Gasteiger partial charge in [-0.15, -0.1) is 0 Å². The number of rotatable bonds is 13. The topological polar surface area (TPSA) is 69.2 Å². The molecule has 168 valence electrons. The molecule has 2 N–H and O–H groups in total. The Bertz CT molecular complexity index is 661. The predicted molar refractivity (Wildman–Crippen MR) is 123 cm³/mol. The fourth-order valence-electron chi connectivity index (χ4n) is 3.52. The SMILES string of the molecule is CCNC(=NCc1ccccc1OCCN(CC)CC)NCCCN1CCCC1=O. The van der Waals surface area contributed by atoms with Gasteiger partial charge in [-0.05, 0) is 38.9 Å². The highest BCUT2D eigenvalue weighted by Gasteiger charge is 2.18. The number of ether oxygens (including phenoxy) is 1. The number of carbonyl (C=O) groups is 1. The van der Waals surface area contributed by atoms with Crippen molar-refractivity contribution < 1.29 is 9.53 Å². The molecule has 7 heteroatoms. The van der Waals surface area contributed by atoms with Crippen LogP contribution >= 0.6 is 0 Å². The molecule has 2 rings (SSSR count). The van der Waals surface area contributed by atoms with E-state index in [2.05, 4.69) is 42.4 Å². The second kappa shape index (κ2) is 13.9. The number of nitrogens with zero attached hydrogens (tertiary/aromatic N) is 3. The zero-order valence-electron chi connectivity index (χ0n) is 19.0. The first-order valence-corrected chi connectivity index (χ1v) is 11.4. The Labute approximate surface area is 181 Å². The van der Waals surface area contributed by atoms with E-state index < -0.39 is 0 Å². The van der Waals surface area contributed by atoms with Gasteiger partial charge in [0.25, 0.3) is 0 Å². The third-order valence-corrected chi connectivity index (χ3v) is 5.35. The number of likely N-dealkylation sites (N-methyl/N-ethyl adjacent to an activating group) is 1. The zero-order valence-corrected chi connectivity index (χ0v) is 19.0. The van der Waals surface area contributed by atoms with Crippen LogP contribution in [-0.2, 0) is 11.3 Å². The van der Waals surface area contributed by atoms with Gasteiger partial charge in [0.2, 0.25) is 5.91 Å². The van der Waals surface area contributed by atoms with E-state index in [-0.39, 0.29) is 5.91 Å². The minimum Gasteiger partial charge on any atom is -0.492 e. The summed E-state index contributed by atoms with van der Waals surface area (Å²) in [6.07, 6.45) is 2.61. The summed E-state index contributed by atoms with van der Waals surface area (Å²) in [7, 11) is 0. The lowest BCUT2D eigenvalue weighted by Gasteiger charge is -2.19. The molecule has 0 spiro atoms. The van der Waals surface area contributed by atoms with Crippen LogP contribution in [0.1, 0.15) is 45.6 Å². The van der Waals surface area contributed by atoms with Crippen LogP contribution in [0.5, 0.6) is 5.75 Å². The van der Waals surface area contributed by atoms with Crippen molar-refractivity contribution in [2.75, 3.05) is 52.4 Å². The van der Waals surface area contributed by atoms with Crippen LogP contribution in [0, 0.1) is 0 Å². The minimum absolute atomic E-state index is 0.285. The van der Waals surface area contributed by atoms with Crippen LogP contribution in [-0.4, -0.2) is 74.1 Å². The number of guanidine groups is 1. The maximum atomic E-state index is 11.7. The summed E-state index contributed by atoms with van der Waals surface area (Å²) in [6.45, 7) is 13.9. The molecule has 1 aromatic rings. The van der Waals surface area contributed by atoms with E-state index in [1.807, 2.05) is 23.1 Å². The lowest BCUT2D eigenvalue weighted by Crippen LogP contribution is -2.39. The zero-order chi connectivity index (χ0) is 21.6. The van der Waals surface area contributed by atoms with Gasteiger partial charge >= 0.3 is 0 Å². The van der Waals surface area contributed by atoms with E-state index in [0.29, 0.717) is 19.6 Å². The molecule has 1 fully saturated rings. The van der Waals surface area contributed by atoms with Gasteiger partial charge in [0.15, 0.2) is 5.96 Å². The number of likely N-dealkylation sites (tertiary alicyclic amines) is 1. The van der Waals surface area contributed by atoms with E-state index in [4.69, 9.17) is 9.73 Å². The van der Waals surface area contributed by atoms with E-state index in [1.165, 1.54) is 0 Å². The maximum Gasteiger partial charge on any atom is 0.222 e. The lowest BCUT2D eigenvalue weighted by atomic mass is 10.2. The number of hydrogen-bond acceptors (Lipinski definition) is 4. The highest BCUT2D eigenvalue weighted by Crippen LogP contribution is 2.19. The van der Waals surface area contributed by atoms with Crippen molar-refractivity contribution in [3.05, 3.63) is 29.8 Å². The number of hydrogen-bond donors (Lipinski definition) is 2. The van der Waals surface area contributed by atoms with Crippen molar-refractivity contribution in [1.29, 1.82) is 0 Å². The Morgan fingerprint density at radius 1 is 1.20 bits per heavy atom. The largest absolute Gasteiger partial charge is 0.492 e. The number of para-hydroxylation sites is 1. The first kappa shape index (κ1) is 24.0. The minimum atomic E-state index is 0.285. The molecular formula is C23H39N5O2. The Morgan fingerprint density at radius 2 is 2.00 bits per heavy atom. The van der Waals surface area contributed by atoms with E-state index in [0.717, 1.165) is 75.9 Å². The van der Waals surface area contributed by atoms with Crippen LogP contribution in [0.3, 0.4) is 0 Å². The van der Waals surface area contributed by atoms with Crippen molar-refractivity contribution in [3.63, 3.8) is 0 Å². The molecule has 0 atom stereocenters. The fourth-order valence-corrected chi connectivity index (χ4v) is 3.52. The molecule has 0 saturated carbocycles. The van der Waals surface area contributed by atoms with Crippen molar-refractivity contribution >= 4 is 11.9 Å². The second-order valence-electron chi connectivity index (χ2n) is 7.44. The molecular weight excluding hydrogens is 378 g/mol. The molecule has 0 aliphatic carbocycles. The Hall–Kier alpha value is -2.28. The van der Waals surface area contributed by atoms with Gasteiger partial charge in [-0.1, -0.05) is 32.0 Å². The van der Waals surface area contributed by atoms with Gasteiger partial charge in [-0.2, -0.15) is 0 Å². The summed E-state index contributed by atoms with van der Waals surface area (Å²) < 4.78 is 6.04. The third kappa shape index (κ3) is 8.22. The molecule has 0 unspecified atom stereocenters. The lowest BCUT2D eigenvalue weighted by molar-refractivity contribution is -0.127. The van der Waals surface area contributed by atoms with Gasteiger partial charge in [0, 0.05) is 44.7 Å². The standard InChI is InChI=1S/C23H39N5O2/c1-4-24-23(25-14-10-16-28-15-9-13-22(28)29)26-19-20-11-7-8-12-21(20)30-18-17-27(5-2)6-3/h7-8,11-12H,4-6,9-10,13-19H2,1-3H3,(H2,24,25,26). The van der Waals surface area contributed by atoms with Crippen LogP contribution < -0.4 is 15.4 Å². The Balaban J connectivity index is 1.83. The van der Waals surface area contributed by atoms with Gasteiger partial charge in [0.1, 0.15) is 12.4 Å². The molecule has 1 saturated heterocycles. The summed E-state index contributed by atoms with van der Waals surface area (Å²) in [5.74, 6) is 1.98. The quantitative estimate of drug-likeness (QED) is 0.293. The molecule has 0 aromatic heterocycles. The van der Waals surface area contributed by atoms with Crippen LogP contribution in [0.2, 0.25) is 0 Å². The average molecular weight is 418 g/mol. The summed E-state index contributed by atoms with van der Waals surface area (Å²) in [5.41, 5.74) is 1.08.